The summed E-state index contributed by atoms with van der Waals surface area (Å²) in [6.45, 7) is 3.30. The molecule has 0 spiro atoms. The van der Waals surface area contributed by atoms with Gasteiger partial charge >= 0.3 is 0 Å². The number of likely N-dealkylation sites (tertiary alicyclic amines) is 1. The van der Waals surface area contributed by atoms with Gasteiger partial charge in [0, 0.05) is 18.5 Å². The molecule has 0 radical (unpaired) electrons. The Labute approximate surface area is 214 Å². The van der Waals surface area contributed by atoms with Crippen molar-refractivity contribution >= 4 is 22.4 Å². The van der Waals surface area contributed by atoms with Crippen molar-refractivity contribution in [1.82, 2.24) is 4.90 Å². The Morgan fingerprint density at radius 3 is 2.46 bits per heavy atom. The van der Waals surface area contributed by atoms with Crippen LogP contribution in [0.2, 0.25) is 5.02 Å². The molecule has 0 aromatic heterocycles. The second-order valence-electron chi connectivity index (χ2n) is 10.5. The van der Waals surface area contributed by atoms with Crippen LogP contribution in [-0.4, -0.2) is 41.3 Å². The van der Waals surface area contributed by atoms with Gasteiger partial charge in [-0.15, -0.1) is 0 Å². The van der Waals surface area contributed by atoms with Gasteiger partial charge in [-0.2, -0.15) is 0 Å². The minimum Gasteiger partial charge on any atom is -0.487 e. The van der Waals surface area contributed by atoms with Crippen LogP contribution >= 0.6 is 11.6 Å². The predicted molar refractivity (Wildman–Crippen MR) is 144 cm³/mol. The molecule has 5 heteroatoms. The molecule has 1 aliphatic heterocycles. The van der Waals surface area contributed by atoms with Crippen LogP contribution < -0.4 is 10.5 Å². The van der Waals surface area contributed by atoms with Crippen molar-refractivity contribution in [3.05, 3.63) is 76.8 Å². The molecule has 35 heavy (non-hydrogen) atoms. The zero-order valence-corrected chi connectivity index (χ0v) is 21.2. The summed E-state index contributed by atoms with van der Waals surface area (Å²) < 4.78 is 6.12. The smallest absolute Gasteiger partial charge is 0.138 e. The molecule has 2 aliphatic rings. The fourth-order valence-corrected chi connectivity index (χ4v) is 6.08. The van der Waals surface area contributed by atoms with Crippen LogP contribution in [0.1, 0.15) is 62.0 Å². The average molecular weight is 493 g/mol. The summed E-state index contributed by atoms with van der Waals surface area (Å²) in [5.41, 5.74) is 7.67. The monoisotopic (exact) mass is 492 g/mol. The SMILES string of the molecule is NC1CCN(CC(c2ccc(OCc3ccc4ccccc4c3)c(Cl)c2)C2(O)CCCCC2)CC1. The Morgan fingerprint density at radius 1 is 0.971 bits per heavy atom. The molecular weight excluding hydrogens is 456 g/mol. The van der Waals surface area contributed by atoms with E-state index >= 15 is 0 Å². The number of hydrogen-bond donors (Lipinski definition) is 2. The van der Waals surface area contributed by atoms with E-state index in [1.807, 2.05) is 12.1 Å². The Hall–Kier alpha value is -2.11. The maximum absolute atomic E-state index is 11.7. The molecule has 1 aliphatic carbocycles. The molecule has 1 saturated carbocycles. The van der Waals surface area contributed by atoms with Crippen molar-refractivity contribution in [2.75, 3.05) is 19.6 Å². The predicted octanol–water partition coefficient (Wildman–Crippen LogP) is 6.27. The summed E-state index contributed by atoms with van der Waals surface area (Å²) in [6, 6.07) is 21.1. The summed E-state index contributed by atoms with van der Waals surface area (Å²) in [4.78, 5) is 2.47. The van der Waals surface area contributed by atoms with Crippen LogP contribution in [0.3, 0.4) is 0 Å². The number of fused-ring (bicyclic) bond motifs is 1. The molecule has 2 fully saturated rings. The Bertz CT molecular complexity index is 1140. The van der Waals surface area contributed by atoms with E-state index in [4.69, 9.17) is 22.1 Å². The second kappa shape index (κ2) is 10.9. The van der Waals surface area contributed by atoms with Crippen molar-refractivity contribution in [3.63, 3.8) is 0 Å². The summed E-state index contributed by atoms with van der Waals surface area (Å²) in [6.07, 6.45) is 7.11. The molecule has 0 bridgehead atoms. The molecule has 3 aromatic rings. The topological polar surface area (TPSA) is 58.7 Å². The zero-order chi connectivity index (χ0) is 24.3. The largest absolute Gasteiger partial charge is 0.487 e. The van der Waals surface area contributed by atoms with E-state index in [0.29, 0.717) is 23.4 Å². The van der Waals surface area contributed by atoms with E-state index < -0.39 is 5.60 Å². The molecular formula is C30H37ClN2O2. The van der Waals surface area contributed by atoms with E-state index in [1.54, 1.807) is 0 Å². The lowest BCUT2D eigenvalue weighted by Gasteiger charge is -2.43. The fraction of sp³-hybridized carbons (Fsp3) is 0.467. The van der Waals surface area contributed by atoms with Crippen LogP contribution in [0.15, 0.2) is 60.7 Å². The number of rotatable bonds is 7. The van der Waals surface area contributed by atoms with Gasteiger partial charge in [0.1, 0.15) is 12.4 Å². The number of benzene rings is 3. The first-order valence-electron chi connectivity index (χ1n) is 13.1. The highest BCUT2D eigenvalue weighted by Crippen LogP contribution is 2.42. The van der Waals surface area contributed by atoms with Crippen molar-refractivity contribution in [2.45, 2.75) is 69.1 Å². The minimum atomic E-state index is -0.686. The van der Waals surface area contributed by atoms with Gasteiger partial charge in [-0.3, -0.25) is 0 Å². The minimum absolute atomic E-state index is 0.0316. The summed E-state index contributed by atoms with van der Waals surface area (Å²) in [5.74, 6) is 0.714. The van der Waals surface area contributed by atoms with E-state index in [1.165, 1.54) is 17.2 Å². The van der Waals surface area contributed by atoms with Gasteiger partial charge in [0.2, 0.25) is 0 Å². The Kier molecular flexibility index (Phi) is 7.64. The molecule has 1 atom stereocenters. The highest BCUT2D eigenvalue weighted by Gasteiger charge is 2.40. The van der Waals surface area contributed by atoms with Crippen molar-refractivity contribution in [1.29, 1.82) is 0 Å². The van der Waals surface area contributed by atoms with Crippen LogP contribution in [0.5, 0.6) is 5.75 Å². The molecule has 1 heterocycles. The third kappa shape index (κ3) is 5.83. The second-order valence-corrected chi connectivity index (χ2v) is 10.9. The highest BCUT2D eigenvalue weighted by atomic mass is 35.5. The summed E-state index contributed by atoms with van der Waals surface area (Å²) >= 11 is 6.74. The Balaban J connectivity index is 1.32. The van der Waals surface area contributed by atoms with E-state index in [2.05, 4.69) is 53.4 Å². The van der Waals surface area contributed by atoms with Crippen LogP contribution in [0, 0.1) is 0 Å². The zero-order valence-electron chi connectivity index (χ0n) is 20.5. The lowest BCUT2D eigenvalue weighted by atomic mass is 9.72. The van der Waals surface area contributed by atoms with E-state index in [9.17, 15) is 5.11 Å². The standard InChI is InChI=1S/C30H37ClN2O2/c31-28-19-25(10-11-29(28)35-21-22-8-9-23-6-2-3-7-24(23)18-22)27(30(34)14-4-1-5-15-30)20-33-16-12-26(32)13-17-33/h2-3,6-11,18-19,26-27,34H,1,4-5,12-17,20-21,32H2. The van der Waals surface area contributed by atoms with Gasteiger partial charge in [-0.05, 0) is 78.9 Å². The number of hydrogen-bond acceptors (Lipinski definition) is 4. The maximum Gasteiger partial charge on any atom is 0.138 e. The molecule has 4 nitrogen and oxygen atoms in total. The van der Waals surface area contributed by atoms with Crippen molar-refractivity contribution in [3.8, 4) is 5.75 Å². The molecule has 0 amide bonds. The average Bonchev–Trinajstić information content (AvgIpc) is 2.88. The lowest BCUT2D eigenvalue weighted by molar-refractivity contribution is -0.0324. The fourth-order valence-electron chi connectivity index (χ4n) is 5.83. The molecule has 5 rings (SSSR count). The van der Waals surface area contributed by atoms with Crippen molar-refractivity contribution < 1.29 is 9.84 Å². The van der Waals surface area contributed by atoms with Gasteiger partial charge in [-0.1, -0.05) is 73.3 Å². The first-order valence-corrected chi connectivity index (χ1v) is 13.5. The number of halogens is 1. The van der Waals surface area contributed by atoms with Crippen LogP contribution in [-0.2, 0) is 6.61 Å². The maximum atomic E-state index is 11.7. The Morgan fingerprint density at radius 2 is 1.71 bits per heavy atom. The molecule has 3 N–H and O–H groups in total. The molecule has 1 unspecified atom stereocenters. The van der Waals surface area contributed by atoms with Gasteiger partial charge in [0.25, 0.3) is 0 Å². The number of nitrogens with zero attached hydrogens (tertiary/aromatic N) is 1. The van der Waals surface area contributed by atoms with Crippen LogP contribution in [0.4, 0.5) is 0 Å². The van der Waals surface area contributed by atoms with Gasteiger partial charge in [-0.25, -0.2) is 0 Å². The first-order chi connectivity index (χ1) is 17.0. The van der Waals surface area contributed by atoms with E-state index in [0.717, 1.165) is 69.3 Å². The van der Waals surface area contributed by atoms with E-state index in [-0.39, 0.29) is 5.92 Å². The summed E-state index contributed by atoms with van der Waals surface area (Å²) in [5, 5.41) is 14.8. The lowest BCUT2D eigenvalue weighted by Crippen LogP contribution is -2.47. The summed E-state index contributed by atoms with van der Waals surface area (Å²) in [7, 11) is 0. The normalized spacial score (nSPS) is 20.1. The molecule has 1 saturated heterocycles. The molecule has 186 valence electrons. The third-order valence-electron chi connectivity index (χ3n) is 8.01. The number of nitrogens with two attached hydrogens (primary N) is 1. The first kappa shape index (κ1) is 24.6. The van der Waals surface area contributed by atoms with Crippen LogP contribution in [0.25, 0.3) is 10.8 Å². The molecule has 3 aromatic carbocycles. The quantitative estimate of drug-likeness (QED) is 0.408. The number of piperidine rings is 1. The van der Waals surface area contributed by atoms with Gasteiger partial charge in [0.05, 0.1) is 10.6 Å². The highest BCUT2D eigenvalue weighted by molar-refractivity contribution is 6.32. The van der Waals surface area contributed by atoms with Gasteiger partial charge < -0.3 is 20.5 Å². The number of ether oxygens (including phenoxy) is 1. The third-order valence-corrected chi connectivity index (χ3v) is 8.30. The van der Waals surface area contributed by atoms with Gasteiger partial charge in [0.15, 0.2) is 0 Å². The number of aliphatic hydroxyl groups is 1. The van der Waals surface area contributed by atoms with Crippen molar-refractivity contribution in [2.24, 2.45) is 5.73 Å².